The molecule has 0 radical (unpaired) electrons. The fraction of sp³-hybridized carbons (Fsp3) is 0.400. The lowest BCUT2D eigenvalue weighted by Crippen LogP contribution is -2.03. The molecule has 0 fully saturated rings. The molecule has 0 N–H and O–H groups in total. The van der Waals surface area contributed by atoms with E-state index in [-0.39, 0.29) is 0 Å². The van der Waals surface area contributed by atoms with Gasteiger partial charge in [0, 0.05) is 6.20 Å². The van der Waals surface area contributed by atoms with Crippen LogP contribution in [0.2, 0.25) is 0 Å². The van der Waals surface area contributed by atoms with Gasteiger partial charge in [0.1, 0.15) is 0 Å². The molecule has 3 heteroatoms. The first kappa shape index (κ1) is 8.23. The van der Waals surface area contributed by atoms with Crippen LogP contribution in [0.5, 0.6) is 0 Å². The van der Waals surface area contributed by atoms with Crippen LogP contribution in [-0.4, -0.2) is 15.0 Å². The Kier molecular flexibility index (Phi) is 2.25. The van der Waals surface area contributed by atoms with E-state index in [1.165, 1.54) is 5.57 Å². The van der Waals surface area contributed by atoms with Crippen LogP contribution < -0.4 is 0 Å². The average Bonchev–Trinajstić information content (AvgIpc) is 2.53. The minimum Gasteiger partial charge on any atom is -0.248 e. The van der Waals surface area contributed by atoms with Gasteiger partial charge in [0.15, 0.2) is 0 Å². The number of nitrogens with zero attached hydrogens (tertiary/aromatic N) is 3. The van der Waals surface area contributed by atoms with Gasteiger partial charge >= 0.3 is 0 Å². The molecule has 1 aromatic rings. The molecule has 0 saturated carbocycles. The second-order valence-corrected chi connectivity index (χ2v) is 3.35. The van der Waals surface area contributed by atoms with E-state index in [4.69, 9.17) is 0 Å². The van der Waals surface area contributed by atoms with Crippen LogP contribution in [0.25, 0.3) is 0 Å². The van der Waals surface area contributed by atoms with Gasteiger partial charge in [-0.05, 0) is 25.3 Å². The zero-order chi connectivity index (χ0) is 9.10. The van der Waals surface area contributed by atoms with Crippen molar-refractivity contribution in [2.75, 3.05) is 0 Å². The second kappa shape index (κ2) is 3.56. The van der Waals surface area contributed by atoms with Crippen LogP contribution in [0, 0.1) is 6.92 Å². The summed E-state index contributed by atoms with van der Waals surface area (Å²) in [5.41, 5.74) is 2.40. The molecular formula is C10H13N3. The van der Waals surface area contributed by atoms with Gasteiger partial charge in [-0.1, -0.05) is 23.4 Å². The monoisotopic (exact) mass is 175 g/mol. The first-order valence-electron chi connectivity index (χ1n) is 4.56. The Labute approximate surface area is 77.8 Å². The van der Waals surface area contributed by atoms with Gasteiger partial charge in [-0.3, -0.25) is 0 Å². The normalized spacial score (nSPS) is 15.9. The highest BCUT2D eigenvalue weighted by Gasteiger charge is 2.01. The van der Waals surface area contributed by atoms with E-state index in [0.29, 0.717) is 0 Å². The van der Waals surface area contributed by atoms with Gasteiger partial charge in [0.25, 0.3) is 0 Å². The van der Waals surface area contributed by atoms with Gasteiger partial charge in [0.05, 0.1) is 12.2 Å². The maximum Gasteiger partial charge on any atom is 0.0796 e. The van der Waals surface area contributed by atoms with E-state index in [0.717, 1.165) is 25.1 Å². The average molecular weight is 175 g/mol. The molecule has 13 heavy (non-hydrogen) atoms. The first-order valence-corrected chi connectivity index (χ1v) is 4.56. The van der Waals surface area contributed by atoms with Gasteiger partial charge in [0.2, 0.25) is 0 Å². The fourth-order valence-electron chi connectivity index (χ4n) is 1.46. The Morgan fingerprint density at radius 3 is 3.08 bits per heavy atom. The standard InChI is InChI=1S/C10H13N3/c1-9-7-13(12-11-9)8-10-5-3-2-4-6-10/h2-3,5,7H,4,6,8H2,1H3. The third-order valence-corrected chi connectivity index (χ3v) is 2.12. The van der Waals surface area contributed by atoms with Crippen molar-refractivity contribution in [2.45, 2.75) is 26.3 Å². The first-order chi connectivity index (χ1) is 6.34. The highest BCUT2D eigenvalue weighted by atomic mass is 15.4. The van der Waals surface area contributed by atoms with Gasteiger partial charge in [-0.2, -0.15) is 0 Å². The Bertz CT molecular complexity index is 347. The molecule has 1 aromatic heterocycles. The Hall–Kier alpha value is -1.38. The van der Waals surface area contributed by atoms with Crippen molar-refractivity contribution in [2.24, 2.45) is 0 Å². The molecule has 1 aliphatic carbocycles. The Morgan fingerprint density at radius 2 is 2.46 bits per heavy atom. The summed E-state index contributed by atoms with van der Waals surface area (Å²) in [6.45, 7) is 2.84. The highest BCUT2D eigenvalue weighted by Crippen LogP contribution is 2.13. The molecule has 2 rings (SSSR count). The maximum atomic E-state index is 4.01. The smallest absolute Gasteiger partial charge is 0.0796 e. The topological polar surface area (TPSA) is 30.7 Å². The molecule has 0 saturated heterocycles. The molecule has 0 unspecified atom stereocenters. The summed E-state index contributed by atoms with van der Waals surface area (Å²) in [6, 6.07) is 0. The van der Waals surface area contributed by atoms with Gasteiger partial charge < -0.3 is 0 Å². The van der Waals surface area contributed by atoms with Crippen molar-refractivity contribution < 1.29 is 0 Å². The minimum atomic E-state index is 0.880. The Morgan fingerprint density at radius 1 is 1.54 bits per heavy atom. The molecule has 0 atom stereocenters. The number of aryl methyl sites for hydroxylation is 1. The van der Waals surface area contributed by atoms with Crippen LogP contribution in [0.1, 0.15) is 18.5 Å². The van der Waals surface area contributed by atoms with E-state index < -0.39 is 0 Å². The third kappa shape index (κ3) is 2.05. The summed E-state index contributed by atoms with van der Waals surface area (Å²) >= 11 is 0. The predicted octanol–water partition coefficient (Wildman–Crippen LogP) is 1.86. The van der Waals surface area contributed by atoms with Crippen molar-refractivity contribution in [3.05, 3.63) is 35.7 Å². The number of allylic oxidation sites excluding steroid dienone is 4. The largest absolute Gasteiger partial charge is 0.248 e. The number of aromatic nitrogens is 3. The quantitative estimate of drug-likeness (QED) is 0.687. The zero-order valence-corrected chi connectivity index (χ0v) is 7.77. The second-order valence-electron chi connectivity index (χ2n) is 3.35. The van der Waals surface area contributed by atoms with Crippen molar-refractivity contribution in [1.29, 1.82) is 0 Å². The van der Waals surface area contributed by atoms with Crippen molar-refractivity contribution in [1.82, 2.24) is 15.0 Å². The summed E-state index contributed by atoms with van der Waals surface area (Å²) in [4.78, 5) is 0. The summed E-state index contributed by atoms with van der Waals surface area (Å²) < 4.78 is 1.89. The predicted molar refractivity (Wildman–Crippen MR) is 51.2 cm³/mol. The van der Waals surface area contributed by atoms with Crippen LogP contribution in [-0.2, 0) is 6.54 Å². The molecule has 0 aromatic carbocycles. The third-order valence-electron chi connectivity index (χ3n) is 2.12. The fourth-order valence-corrected chi connectivity index (χ4v) is 1.46. The van der Waals surface area contributed by atoms with Crippen molar-refractivity contribution in [3.8, 4) is 0 Å². The number of rotatable bonds is 2. The van der Waals surface area contributed by atoms with E-state index >= 15 is 0 Å². The lowest BCUT2D eigenvalue weighted by Gasteiger charge is -2.07. The maximum absolute atomic E-state index is 4.01. The lowest BCUT2D eigenvalue weighted by molar-refractivity contribution is 0.624. The summed E-state index contributed by atoms with van der Waals surface area (Å²) in [7, 11) is 0. The lowest BCUT2D eigenvalue weighted by atomic mass is 10.1. The van der Waals surface area contributed by atoms with Crippen LogP contribution in [0.4, 0.5) is 0 Å². The molecule has 1 heterocycles. The molecule has 3 nitrogen and oxygen atoms in total. The highest BCUT2D eigenvalue weighted by molar-refractivity contribution is 5.17. The molecule has 0 aliphatic heterocycles. The number of hydrogen-bond acceptors (Lipinski definition) is 2. The van der Waals surface area contributed by atoms with Gasteiger partial charge in [-0.15, -0.1) is 5.10 Å². The van der Waals surface area contributed by atoms with Crippen LogP contribution in [0.3, 0.4) is 0 Å². The zero-order valence-electron chi connectivity index (χ0n) is 7.77. The summed E-state index contributed by atoms with van der Waals surface area (Å²) in [6.07, 6.45) is 10.7. The van der Waals surface area contributed by atoms with E-state index in [1.807, 2.05) is 17.8 Å². The summed E-state index contributed by atoms with van der Waals surface area (Å²) in [5.74, 6) is 0. The van der Waals surface area contributed by atoms with E-state index in [1.54, 1.807) is 0 Å². The van der Waals surface area contributed by atoms with Crippen LogP contribution >= 0.6 is 0 Å². The molecule has 1 aliphatic rings. The molecule has 0 amide bonds. The van der Waals surface area contributed by atoms with Gasteiger partial charge in [-0.25, -0.2) is 4.68 Å². The molecular weight excluding hydrogens is 162 g/mol. The molecule has 68 valence electrons. The summed E-state index contributed by atoms with van der Waals surface area (Å²) in [5, 5.41) is 7.96. The van der Waals surface area contributed by atoms with E-state index in [2.05, 4.69) is 28.5 Å². The Balaban J connectivity index is 2.05. The van der Waals surface area contributed by atoms with Crippen molar-refractivity contribution >= 4 is 0 Å². The molecule has 0 spiro atoms. The SMILES string of the molecule is Cc1cn(CC2=CC=CCC2)nn1. The molecule has 0 bridgehead atoms. The van der Waals surface area contributed by atoms with E-state index in [9.17, 15) is 0 Å². The van der Waals surface area contributed by atoms with Crippen molar-refractivity contribution in [3.63, 3.8) is 0 Å². The minimum absolute atomic E-state index is 0.880. The van der Waals surface area contributed by atoms with Crippen LogP contribution in [0.15, 0.2) is 30.0 Å². The number of hydrogen-bond donors (Lipinski definition) is 0.